The molecule has 11 nitrogen and oxygen atoms in total. The van der Waals surface area contributed by atoms with Crippen LogP contribution in [0.25, 0.3) is 12.2 Å². The number of fused-ring (bicyclic) bond motifs is 1. The van der Waals surface area contributed by atoms with Gasteiger partial charge in [-0.1, -0.05) is 18.2 Å². The van der Waals surface area contributed by atoms with Gasteiger partial charge in [0, 0.05) is 25.2 Å². The first-order valence-electron chi connectivity index (χ1n) is 12.6. The van der Waals surface area contributed by atoms with Gasteiger partial charge in [-0.2, -0.15) is 0 Å². The van der Waals surface area contributed by atoms with Crippen LogP contribution in [-0.4, -0.2) is 62.6 Å². The van der Waals surface area contributed by atoms with Crippen molar-refractivity contribution in [3.05, 3.63) is 53.9 Å². The van der Waals surface area contributed by atoms with E-state index in [4.69, 9.17) is 18.9 Å². The van der Waals surface area contributed by atoms with Crippen LogP contribution in [0, 0.1) is 0 Å². The third-order valence-electron chi connectivity index (χ3n) is 6.08. The first-order valence-corrected chi connectivity index (χ1v) is 14.0. The van der Waals surface area contributed by atoms with Crippen molar-refractivity contribution in [3.63, 3.8) is 0 Å². The number of carbonyl (C=O) groups excluding carboxylic acids is 1. The minimum absolute atomic E-state index is 0.000194. The fourth-order valence-corrected chi connectivity index (χ4v) is 5.67. The predicted octanol–water partition coefficient (Wildman–Crippen LogP) is 3.79. The molecule has 0 aliphatic carbocycles. The van der Waals surface area contributed by atoms with Crippen molar-refractivity contribution in [2.45, 2.75) is 44.2 Å². The SMILES string of the molecule is CCOc1nn(CC)cc1S(=O)(=O)N1C[C@H](CCC(=O)OC)Oc2ccc(/C=C/c3cccc(OC)n3)cc21. The van der Waals surface area contributed by atoms with Gasteiger partial charge in [0.1, 0.15) is 11.9 Å². The Kier molecular flexibility index (Phi) is 8.75. The number of aromatic nitrogens is 3. The second-order valence-corrected chi connectivity index (χ2v) is 10.5. The van der Waals surface area contributed by atoms with Crippen molar-refractivity contribution in [3.8, 4) is 17.5 Å². The molecule has 39 heavy (non-hydrogen) atoms. The maximum absolute atomic E-state index is 14.1. The van der Waals surface area contributed by atoms with Crippen LogP contribution in [0.1, 0.15) is 37.9 Å². The van der Waals surface area contributed by atoms with Crippen LogP contribution in [0.2, 0.25) is 0 Å². The number of nitrogens with zero attached hydrogens (tertiary/aromatic N) is 4. The van der Waals surface area contributed by atoms with E-state index >= 15 is 0 Å². The molecule has 4 rings (SSSR count). The van der Waals surface area contributed by atoms with E-state index < -0.39 is 22.1 Å². The third-order valence-corrected chi connectivity index (χ3v) is 7.84. The number of pyridine rings is 1. The van der Waals surface area contributed by atoms with Gasteiger partial charge in [0.05, 0.1) is 38.8 Å². The molecule has 3 heterocycles. The van der Waals surface area contributed by atoms with Crippen molar-refractivity contribution < 1.29 is 32.2 Å². The summed E-state index contributed by atoms with van der Waals surface area (Å²) in [4.78, 5) is 16.1. The molecule has 0 saturated heterocycles. The molecular weight excluding hydrogens is 524 g/mol. The Bertz CT molecular complexity index is 1450. The Labute approximate surface area is 228 Å². The lowest BCUT2D eigenvalue weighted by Gasteiger charge is -2.35. The minimum Gasteiger partial charge on any atom is -0.486 e. The molecule has 2 aromatic heterocycles. The lowest BCUT2D eigenvalue weighted by Crippen LogP contribution is -2.43. The quantitative estimate of drug-likeness (QED) is 0.325. The lowest BCUT2D eigenvalue weighted by molar-refractivity contribution is -0.141. The van der Waals surface area contributed by atoms with Crippen molar-refractivity contribution in [1.29, 1.82) is 0 Å². The van der Waals surface area contributed by atoms with Crippen LogP contribution in [-0.2, 0) is 26.1 Å². The molecular formula is C27H32N4O7S. The number of rotatable bonds is 11. The summed E-state index contributed by atoms with van der Waals surface area (Å²) in [6.45, 7) is 4.37. The summed E-state index contributed by atoms with van der Waals surface area (Å²) in [6.07, 6.45) is 4.92. The van der Waals surface area contributed by atoms with E-state index in [2.05, 4.69) is 10.1 Å². The Morgan fingerprint density at radius 1 is 1.18 bits per heavy atom. The molecule has 0 radical (unpaired) electrons. The standard InChI is InChI=1S/C27H32N4O7S/c1-5-30-18-24(27(29-30)37-6-2)39(33,34)31-17-21(13-15-26(32)36-4)38-23-14-11-19(16-22(23)31)10-12-20-8-7-9-25(28-20)35-3/h7-12,14,16,18,21H,5-6,13,15,17H2,1-4H3/b12-10+/t21-/m0/s1. The monoisotopic (exact) mass is 556 g/mol. The van der Waals surface area contributed by atoms with Gasteiger partial charge in [-0.05, 0) is 50.1 Å². The van der Waals surface area contributed by atoms with E-state index in [1.165, 1.54) is 22.3 Å². The molecule has 0 saturated carbocycles. The van der Waals surface area contributed by atoms with Crippen molar-refractivity contribution in [2.24, 2.45) is 0 Å². The largest absolute Gasteiger partial charge is 0.486 e. The first kappa shape index (κ1) is 28.0. The summed E-state index contributed by atoms with van der Waals surface area (Å²) < 4.78 is 52.6. The highest BCUT2D eigenvalue weighted by molar-refractivity contribution is 7.93. The zero-order valence-electron chi connectivity index (χ0n) is 22.4. The lowest BCUT2D eigenvalue weighted by atomic mass is 10.1. The second-order valence-electron chi connectivity index (χ2n) is 8.64. The molecule has 1 aromatic carbocycles. The van der Waals surface area contributed by atoms with E-state index in [-0.39, 0.29) is 36.8 Å². The second kappa shape index (κ2) is 12.2. The van der Waals surface area contributed by atoms with Crippen LogP contribution in [0.15, 0.2) is 47.5 Å². The molecule has 0 fully saturated rings. The van der Waals surface area contributed by atoms with Crippen LogP contribution in [0.5, 0.6) is 17.5 Å². The Morgan fingerprint density at radius 2 is 2.00 bits per heavy atom. The topological polar surface area (TPSA) is 122 Å². The maximum Gasteiger partial charge on any atom is 0.305 e. The van der Waals surface area contributed by atoms with Gasteiger partial charge in [0.15, 0.2) is 4.90 Å². The minimum atomic E-state index is -4.11. The van der Waals surface area contributed by atoms with Crippen molar-refractivity contribution in [1.82, 2.24) is 14.8 Å². The van der Waals surface area contributed by atoms with E-state index in [0.29, 0.717) is 29.6 Å². The van der Waals surface area contributed by atoms with Gasteiger partial charge in [-0.25, -0.2) is 13.4 Å². The van der Waals surface area contributed by atoms with Crippen LogP contribution < -0.4 is 18.5 Å². The number of hydrogen-bond donors (Lipinski definition) is 0. The van der Waals surface area contributed by atoms with E-state index in [9.17, 15) is 13.2 Å². The summed E-state index contributed by atoms with van der Waals surface area (Å²) in [5.74, 6) is 0.521. The van der Waals surface area contributed by atoms with Crippen LogP contribution in [0.4, 0.5) is 5.69 Å². The molecule has 1 aliphatic rings. The fourth-order valence-electron chi connectivity index (χ4n) is 4.09. The van der Waals surface area contributed by atoms with Gasteiger partial charge in [0.2, 0.25) is 5.88 Å². The molecule has 0 unspecified atom stereocenters. The molecule has 3 aromatic rings. The average Bonchev–Trinajstić information content (AvgIpc) is 3.38. The fraction of sp³-hybridized carbons (Fsp3) is 0.370. The van der Waals surface area contributed by atoms with Crippen LogP contribution >= 0.6 is 0 Å². The normalized spacial score (nSPS) is 15.1. The number of benzene rings is 1. The van der Waals surface area contributed by atoms with Gasteiger partial charge in [0.25, 0.3) is 15.9 Å². The van der Waals surface area contributed by atoms with Crippen molar-refractivity contribution in [2.75, 3.05) is 31.7 Å². The van der Waals surface area contributed by atoms with Crippen LogP contribution in [0.3, 0.4) is 0 Å². The molecule has 0 spiro atoms. The molecule has 1 aliphatic heterocycles. The smallest absolute Gasteiger partial charge is 0.305 e. The molecule has 0 amide bonds. The number of ether oxygens (including phenoxy) is 4. The summed E-state index contributed by atoms with van der Waals surface area (Å²) in [6, 6.07) is 10.7. The summed E-state index contributed by atoms with van der Waals surface area (Å²) >= 11 is 0. The number of anilines is 1. The van der Waals surface area contributed by atoms with Gasteiger partial charge in [-0.15, -0.1) is 5.10 Å². The molecule has 208 valence electrons. The maximum atomic E-state index is 14.1. The van der Waals surface area contributed by atoms with E-state index in [0.717, 1.165) is 5.56 Å². The Morgan fingerprint density at radius 3 is 2.72 bits per heavy atom. The highest BCUT2D eigenvalue weighted by Gasteiger charge is 2.37. The Balaban J connectivity index is 1.73. The predicted molar refractivity (Wildman–Crippen MR) is 145 cm³/mol. The first-order chi connectivity index (χ1) is 18.8. The third kappa shape index (κ3) is 6.33. The Hall–Kier alpha value is -4.06. The summed E-state index contributed by atoms with van der Waals surface area (Å²) in [5.41, 5.74) is 1.80. The van der Waals surface area contributed by atoms with Gasteiger partial charge >= 0.3 is 5.97 Å². The highest BCUT2D eigenvalue weighted by atomic mass is 32.2. The molecule has 0 N–H and O–H groups in total. The number of hydrogen-bond acceptors (Lipinski definition) is 9. The zero-order chi connectivity index (χ0) is 28.0. The molecule has 1 atom stereocenters. The molecule has 12 heteroatoms. The summed E-state index contributed by atoms with van der Waals surface area (Å²) in [7, 11) is -1.25. The van der Waals surface area contributed by atoms with Gasteiger partial charge < -0.3 is 18.9 Å². The number of sulfonamides is 1. The molecule has 0 bridgehead atoms. The van der Waals surface area contributed by atoms with Gasteiger partial charge in [-0.3, -0.25) is 13.8 Å². The zero-order valence-corrected chi connectivity index (χ0v) is 23.2. The summed E-state index contributed by atoms with van der Waals surface area (Å²) in [5, 5.41) is 4.29. The average molecular weight is 557 g/mol. The number of esters is 1. The van der Waals surface area contributed by atoms with E-state index in [1.807, 2.05) is 37.3 Å². The number of aryl methyl sites for hydroxylation is 1. The highest BCUT2D eigenvalue weighted by Crippen LogP contribution is 2.40. The van der Waals surface area contributed by atoms with E-state index in [1.54, 1.807) is 32.2 Å². The number of carbonyl (C=O) groups is 1. The van der Waals surface area contributed by atoms with Crippen molar-refractivity contribution >= 4 is 33.8 Å². The number of methoxy groups -OCH3 is 2.